The van der Waals surface area contributed by atoms with Crippen molar-refractivity contribution in [1.29, 1.82) is 0 Å². The topological polar surface area (TPSA) is 37.3 Å². The normalized spacial score (nSPS) is 14.7. The molecule has 0 bridgehead atoms. The van der Waals surface area contributed by atoms with Gasteiger partial charge in [0.2, 0.25) is 0 Å². The summed E-state index contributed by atoms with van der Waals surface area (Å²) in [5.74, 6) is 0.00948. The Hall–Kier alpha value is -0.890. The fraction of sp³-hybridized carbons (Fsp3) is 0.375. The van der Waals surface area contributed by atoms with Gasteiger partial charge in [-0.1, -0.05) is 18.2 Å². The molecule has 1 unspecified atom stereocenters. The Morgan fingerprint density at radius 1 is 1.50 bits per heavy atom. The van der Waals surface area contributed by atoms with Gasteiger partial charge in [-0.05, 0) is 19.9 Å². The van der Waals surface area contributed by atoms with Gasteiger partial charge in [0.05, 0.1) is 6.10 Å². The molecule has 0 saturated heterocycles. The molecule has 0 amide bonds. The first-order valence-electron chi connectivity index (χ1n) is 3.16. The molecule has 0 aromatic heterocycles. The number of ketones is 1. The Kier molecular flexibility index (Phi) is 4.50. The maximum Gasteiger partial charge on any atom is 0.152 e. The fourth-order valence-electron chi connectivity index (χ4n) is 0.416. The Labute approximate surface area is 60.9 Å². The lowest BCUT2D eigenvalue weighted by molar-refractivity contribution is -0.112. The van der Waals surface area contributed by atoms with Crippen molar-refractivity contribution in [2.45, 2.75) is 20.0 Å². The quantitative estimate of drug-likeness (QED) is 0.470. The maximum atomic E-state index is 10.3. The zero-order valence-corrected chi connectivity index (χ0v) is 6.24. The van der Waals surface area contributed by atoms with E-state index in [0.29, 0.717) is 0 Å². The fourth-order valence-corrected chi connectivity index (χ4v) is 0.416. The van der Waals surface area contributed by atoms with E-state index in [2.05, 4.69) is 0 Å². The van der Waals surface area contributed by atoms with Gasteiger partial charge >= 0.3 is 0 Å². The third kappa shape index (κ3) is 7.11. The number of carbonyl (C=O) groups is 1. The molecular weight excluding hydrogens is 128 g/mol. The van der Waals surface area contributed by atoms with Crippen LogP contribution in [-0.2, 0) is 4.79 Å². The van der Waals surface area contributed by atoms with Gasteiger partial charge in [-0.25, -0.2) is 0 Å². The molecule has 0 aliphatic carbocycles. The summed E-state index contributed by atoms with van der Waals surface area (Å²) in [6, 6.07) is 0. The van der Waals surface area contributed by atoms with E-state index in [-0.39, 0.29) is 5.78 Å². The molecule has 0 spiro atoms. The largest absolute Gasteiger partial charge is 0.389 e. The lowest BCUT2D eigenvalue weighted by Crippen LogP contribution is -1.90. The van der Waals surface area contributed by atoms with E-state index in [1.807, 2.05) is 0 Å². The van der Waals surface area contributed by atoms with E-state index in [0.717, 1.165) is 0 Å². The van der Waals surface area contributed by atoms with E-state index >= 15 is 0 Å². The first kappa shape index (κ1) is 9.11. The van der Waals surface area contributed by atoms with E-state index < -0.39 is 6.10 Å². The van der Waals surface area contributed by atoms with Crippen LogP contribution in [0.25, 0.3) is 0 Å². The Balaban J connectivity index is 3.62. The van der Waals surface area contributed by atoms with Crippen LogP contribution in [0.5, 0.6) is 0 Å². The maximum absolute atomic E-state index is 10.3. The van der Waals surface area contributed by atoms with E-state index in [4.69, 9.17) is 5.11 Å². The Bertz CT molecular complexity index is 155. The van der Waals surface area contributed by atoms with Crippen LogP contribution in [0.3, 0.4) is 0 Å². The van der Waals surface area contributed by atoms with Gasteiger partial charge in [-0.15, -0.1) is 0 Å². The van der Waals surface area contributed by atoms with Crippen LogP contribution in [0.4, 0.5) is 0 Å². The van der Waals surface area contributed by atoms with Crippen LogP contribution in [0.2, 0.25) is 0 Å². The van der Waals surface area contributed by atoms with Crippen LogP contribution in [0.1, 0.15) is 13.8 Å². The third-order valence-electron chi connectivity index (χ3n) is 0.832. The highest BCUT2D eigenvalue weighted by molar-refractivity contribution is 5.87. The SMILES string of the molecule is CC(=O)/C=C/C=C/C(C)O. The molecule has 0 aliphatic rings. The number of aliphatic hydroxyl groups is 1. The van der Waals surface area contributed by atoms with Crippen molar-refractivity contribution in [2.75, 3.05) is 0 Å². The van der Waals surface area contributed by atoms with Gasteiger partial charge in [0.25, 0.3) is 0 Å². The summed E-state index contributed by atoms with van der Waals surface area (Å²) < 4.78 is 0. The summed E-state index contributed by atoms with van der Waals surface area (Å²) in [5, 5.41) is 8.71. The van der Waals surface area contributed by atoms with Crippen molar-refractivity contribution in [3.63, 3.8) is 0 Å². The molecule has 0 fully saturated rings. The van der Waals surface area contributed by atoms with Gasteiger partial charge in [0.15, 0.2) is 5.78 Å². The predicted molar refractivity (Wildman–Crippen MR) is 40.6 cm³/mol. The summed E-state index contributed by atoms with van der Waals surface area (Å²) >= 11 is 0. The molecule has 2 heteroatoms. The number of allylic oxidation sites excluding steroid dienone is 3. The predicted octanol–water partition coefficient (Wildman–Crippen LogP) is 1.07. The van der Waals surface area contributed by atoms with Gasteiger partial charge in [0, 0.05) is 0 Å². The molecule has 56 valence electrons. The van der Waals surface area contributed by atoms with Crippen LogP contribution >= 0.6 is 0 Å². The summed E-state index contributed by atoms with van der Waals surface area (Å²) in [7, 11) is 0. The molecule has 0 aromatic carbocycles. The first-order valence-corrected chi connectivity index (χ1v) is 3.16. The molecule has 0 heterocycles. The number of hydrogen-bond acceptors (Lipinski definition) is 2. The molecule has 0 aliphatic heterocycles. The molecule has 0 saturated carbocycles. The molecule has 0 rings (SSSR count). The number of carbonyl (C=O) groups excluding carboxylic acids is 1. The van der Waals surface area contributed by atoms with Crippen LogP contribution in [0.15, 0.2) is 24.3 Å². The summed E-state index contributed by atoms with van der Waals surface area (Å²) in [5.41, 5.74) is 0. The second kappa shape index (κ2) is 4.94. The van der Waals surface area contributed by atoms with Crippen LogP contribution in [-0.4, -0.2) is 17.0 Å². The minimum atomic E-state index is -0.448. The Morgan fingerprint density at radius 2 is 2.10 bits per heavy atom. The molecule has 2 nitrogen and oxygen atoms in total. The highest BCUT2D eigenvalue weighted by Gasteiger charge is 1.81. The second-order valence-corrected chi connectivity index (χ2v) is 2.10. The highest BCUT2D eigenvalue weighted by atomic mass is 16.3. The average molecular weight is 140 g/mol. The van der Waals surface area contributed by atoms with Gasteiger partial charge in [0.1, 0.15) is 0 Å². The van der Waals surface area contributed by atoms with Crippen molar-refractivity contribution in [3.8, 4) is 0 Å². The van der Waals surface area contributed by atoms with Gasteiger partial charge in [-0.3, -0.25) is 4.79 Å². The zero-order valence-electron chi connectivity index (χ0n) is 6.24. The molecule has 0 radical (unpaired) electrons. The molecule has 1 N–H and O–H groups in total. The Morgan fingerprint density at radius 3 is 2.50 bits per heavy atom. The van der Waals surface area contributed by atoms with Crippen molar-refractivity contribution in [3.05, 3.63) is 24.3 Å². The van der Waals surface area contributed by atoms with Crippen molar-refractivity contribution < 1.29 is 9.90 Å². The number of hydrogen-bond donors (Lipinski definition) is 1. The average Bonchev–Trinajstić information content (AvgIpc) is 1.79. The second-order valence-electron chi connectivity index (χ2n) is 2.10. The standard InChI is InChI=1S/C8H12O2/c1-7(9)5-3-4-6-8(2)10/h3-7,9H,1-2H3/b5-3+,6-4+. The van der Waals surface area contributed by atoms with E-state index in [1.54, 1.807) is 25.2 Å². The smallest absolute Gasteiger partial charge is 0.152 e. The molecular formula is C8H12O2. The molecule has 1 atom stereocenters. The number of rotatable bonds is 3. The van der Waals surface area contributed by atoms with Gasteiger partial charge in [-0.2, -0.15) is 0 Å². The molecule has 0 aromatic rings. The van der Waals surface area contributed by atoms with Crippen molar-refractivity contribution >= 4 is 5.78 Å². The summed E-state index contributed by atoms with van der Waals surface area (Å²) in [6.45, 7) is 3.13. The first-order chi connectivity index (χ1) is 4.63. The van der Waals surface area contributed by atoms with Crippen LogP contribution < -0.4 is 0 Å². The third-order valence-corrected chi connectivity index (χ3v) is 0.832. The van der Waals surface area contributed by atoms with Crippen molar-refractivity contribution in [2.24, 2.45) is 0 Å². The minimum absolute atomic E-state index is 0.00948. The van der Waals surface area contributed by atoms with Gasteiger partial charge < -0.3 is 5.11 Å². The summed E-state index contributed by atoms with van der Waals surface area (Å²) in [6.07, 6.45) is 5.84. The monoisotopic (exact) mass is 140 g/mol. The lowest BCUT2D eigenvalue weighted by Gasteiger charge is -1.88. The van der Waals surface area contributed by atoms with E-state index in [9.17, 15) is 4.79 Å². The lowest BCUT2D eigenvalue weighted by atomic mass is 10.3. The van der Waals surface area contributed by atoms with Crippen molar-refractivity contribution in [1.82, 2.24) is 0 Å². The highest BCUT2D eigenvalue weighted by Crippen LogP contribution is 1.84. The zero-order chi connectivity index (χ0) is 7.98. The van der Waals surface area contributed by atoms with E-state index in [1.165, 1.54) is 13.0 Å². The summed E-state index contributed by atoms with van der Waals surface area (Å²) in [4.78, 5) is 10.3. The minimum Gasteiger partial charge on any atom is -0.389 e. The molecule has 10 heavy (non-hydrogen) atoms. The van der Waals surface area contributed by atoms with Crippen LogP contribution in [0, 0.1) is 0 Å². The number of aliphatic hydroxyl groups excluding tert-OH is 1.